The van der Waals surface area contributed by atoms with E-state index in [9.17, 15) is 14.7 Å². The number of amides is 1. The highest BCUT2D eigenvalue weighted by atomic mass is 16.5. The molecule has 0 bridgehead atoms. The minimum Gasteiger partial charge on any atom is -0.507 e. The number of aliphatic hydroxyl groups is 1. The monoisotopic (exact) mass is 395 g/mol. The van der Waals surface area contributed by atoms with Gasteiger partial charge in [0.25, 0.3) is 11.7 Å². The molecular formula is C23H25NO5. The van der Waals surface area contributed by atoms with E-state index in [1.54, 1.807) is 55.5 Å². The van der Waals surface area contributed by atoms with E-state index in [2.05, 4.69) is 0 Å². The van der Waals surface area contributed by atoms with Gasteiger partial charge in [-0.3, -0.25) is 9.59 Å². The molecule has 6 nitrogen and oxygen atoms in total. The molecule has 1 atom stereocenters. The standard InChI is InChI=1S/C23H25NO5/c1-4-5-14-24-20(15-6-10-17(28-2)11-7-15)19(22(26)23(24)27)21(25)16-8-12-18(29-3)13-9-16/h6-13,20,25H,4-5,14H2,1-3H3/t20-/m0/s1. The summed E-state index contributed by atoms with van der Waals surface area (Å²) >= 11 is 0. The molecule has 0 aromatic heterocycles. The van der Waals surface area contributed by atoms with Crippen molar-refractivity contribution in [2.75, 3.05) is 20.8 Å². The first-order valence-electron chi connectivity index (χ1n) is 9.58. The van der Waals surface area contributed by atoms with E-state index >= 15 is 0 Å². The Labute approximate surface area is 170 Å². The van der Waals surface area contributed by atoms with Crippen molar-refractivity contribution in [2.45, 2.75) is 25.8 Å². The second-order valence-electron chi connectivity index (χ2n) is 6.85. The van der Waals surface area contributed by atoms with E-state index < -0.39 is 17.7 Å². The first-order valence-corrected chi connectivity index (χ1v) is 9.58. The fourth-order valence-corrected chi connectivity index (χ4v) is 3.48. The van der Waals surface area contributed by atoms with Crippen LogP contribution in [-0.2, 0) is 9.59 Å². The predicted octanol–water partition coefficient (Wildman–Crippen LogP) is 3.93. The van der Waals surface area contributed by atoms with Crippen molar-refractivity contribution in [2.24, 2.45) is 0 Å². The molecule has 1 fully saturated rings. The lowest BCUT2D eigenvalue weighted by molar-refractivity contribution is -0.139. The summed E-state index contributed by atoms with van der Waals surface area (Å²) in [4.78, 5) is 27.2. The fourth-order valence-electron chi connectivity index (χ4n) is 3.48. The number of hydrogen-bond acceptors (Lipinski definition) is 5. The lowest BCUT2D eigenvalue weighted by Crippen LogP contribution is -2.30. The number of hydrogen-bond donors (Lipinski definition) is 1. The van der Waals surface area contributed by atoms with Crippen molar-refractivity contribution in [1.82, 2.24) is 4.90 Å². The number of carbonyl (C=O) groups is 2. The van der Waals surface area contributed by atoms with Crippen LogP contribution in [0.3, 0.4) is 0 Å². The van der Waals surface area contributed by atoms with Crippen LogP contribution in [0.2, 0.25) is 0 Å². The maximum absolute atomic E-state index is 12.9. The van der Waals surface area contributed by atoms with Crippen molar-refractivity contribution in [3.63, 3.8) is 0 Å². The van der Waals surface area contributed by atoms with Crippen LogP contribution >= 0.6 is 0 Å². The SMILES string of the molecule is CCCCN1C(=O)C(=O)C(=C(O)c2ccc(OC)cc2)[C@@H]1c1ccc(OC)cc1. The van der Waals surface area contributed by atoms with Crippen LogP contribution in [0.25, 0.3) is 5.76 Å². The van der Waals surface area contributed by atoms with Gasteiger partial charge in [-0.05, 0) is 48.4 Å². The van der Waals surface area contributed by atoms with Crippen LogP contribution in [0.15, 0.2) is 54.1 Å². The van der Waals surface area contributed by atoms with Gasteiger partial charge in [-0.1, -0.05) is 25.5 Å². The number of aliphatic hydroxyl groups excluding tert-OH is 1. The Morgan fingerprint density at radius 1 is 0.966 bits per heavy atom. The summed E-state index contributed by atoms with van der Waals surface area (Å²) in [7, 11) is 3.13. The van der Waals surface area contributed by atoms with Gasteiger partial charge in [0.2, 0.25) is 0 Å². The Morgan fingerprint density at radius 3 is 2.03 bits per heavy atom. The molecule has 0 saturated carbocycles. The van der Waals surface area contributed by atoms with E-state index in [0.717, 1.165) is 18.4 Å². The van der Waals surface area contributed by atoms with Gasteiger partial charge < -0.3 is 19.5 Å². The summed E-state index contributed by atoms with van der Waals surface area (Å²) in [6, 6.07) is 13.3. The topological polar surface area (TPSA) is 76.1 Å². The molecule has 3 rings (SSSR count). The van der Waals surface area contributed by atoms with Crippen LogP contribution in [-0.4, -0.2) is 42.5 Å². The number of unbranched alkanes of at least 4 members (excludes halogenated alkanes) is 1. The maximum atomic E-state index is 12.9. The molecule has 1 N–H and O–H groups in total. The molecule has 2 aromatic carbocycles. The van der Waals surface area contributed by atoms with Crippen LogP contribution in [0.5, 0.6) is 11.5 Å². The first kappa shape index (κ1) is 20.5. The molecule has 1 saturated heterocycles. The minimum atomic E-state index is -0.671. The molecular weight excluding hydrogens is 370 g/mol. The van der Waals surface area contributed by atoms with Crippen molar-refractivity contribution < 1.29 is 24.2 Å². The number of ketones is 1. The molecule has 0 aliphatic carbocycles. The normalized spacial score (nSPS) is 18.2. The predicted molar refractivity (Wildman–Crippen MR) is 110 cm³/mol. The highest BCUT2D eigenvalue weighted by Crippen LogP contribution is 2.40. The summed E-state index contributed by atoms with van der Waals surface area (Å²) in [5, 5.41) is 11.0. The van der Waals surface area contributed by atoms with Gasteiger partial charge in [-0.15, -0.1) is 0 Å². The zero-order chi connectivity index (χ0) is 21.0. The highest BCUT2D eigenvalue weighted by molar-refractivity contribution is 6.46. The van der Waals surface area contributed by atoms with E-state index in [4.69, 9.17) is 9.47 Å². The van der Waals surface area contributed by atoms with Crippen LogP contribution in [0.4, 0.5) is 0 Å². The highest BCUT2D eigenvalue weighted by Gasteiger charge is 2.45. The number of Topliss-reactive ketones (excluding diaryl/α,β-unsaturated/α-hetero) is 1. The third-order valence-corrected chi connectivity index (χ3v) is 5.09. The van der Waals surface area contributed by atoms with Gasteiger partial charge in [0.15, 0.2) is 0 Å². The smallest absolute Gasteiger partial charge is 0.295 e. The molecule has 1 amide bonds. The van der Waals surface area contributed by atoms with Gasteiger partial charge in [0.1, 0.15) is 17.3 Å². The Kier molecular flexibility index (Phi) is 6.22. The van der Waals surface area contributed by atoms with E-state index in [-0.39, 0.29) is 11.3 Å². The number of rotatable bonds is 7. The van der Waals surface area contributed by atoms with Crippen molar-refractivity contribution in [3.05, 3.63) is 65.2 Å². The van der Waals surface area contributed by atoms with Crippen molar-refractivity contribution in [3.8, 4) is 11.5 Å². The Bertz CT molecular complexity index is 915. The van der Waals surface area contributed by atoms with Gasteiger partial charge in [0.05, 0.1) is 25.8 Å². The van der Waals surface area contributed by atoms with Crippen molar-refractivity contribution in [1.29, 1.82) is 0 Å². The molecule has 0 spiro atoms. The van der Waals surface area contributed by atoms with Gasteiger partial charge >= 0.3 is 0 Å². The van der Waals surface area contributed by atoms with E-state index in [1.807, 2.05) is 19.1 Å². The number of ether oxygens (including phenoxy) is 2. The summed E-state index contributed by atoms with van der Waals surface area (Å²) in [6.07, 6.45) is 1.65. The second kappa shape index (κ2) is 8.82. The maximum Gasteiger partial charge on any atom is 0.295 e. The molecule has 1 heterocycles. The summed E-state index contributed by atoms with van der Waals surface area (Å²) in [6.45, 7) is 2.47. The second-order valence-corrected chi connectivity index (χ2v) is 6.85. The quantitative estimate of drug-likeness (QED) is 0.437. The third kappa shape index (κ3) is 3.97. The molecule has 1 aliphatic heterocycles. The molecule has 152 valence electrons. The Balaban J connectivity index is 2.11. The lowest BCUT2D eigenvalue weighted by atomic mass is 9.95. The average Bonchev–Trinajstić information content (AvgIpc) is 3.02. The summed E-state index contributed by atoms with van der Waals surface area (Å²) in [5.74, 6) is -0.138. The lowest BCUT2D eigenvalue weighted by Gasteiger charge is -2.25. The van der Waals surface area contributed by atoms with Crippen molar-refractivity contribution >= 4 is 17.4 Å². The summed E-state index contributed by atoms with van der Waals surface area (Å²) in [5.41, 5.74) is 1.30. The zero-order valence-corrected chi connectivity index (χ0v) is 16.8. The van der Waals surface area contributed by atoms with Crippen LogP contribution < -0.4 is 9.47 Å². The average molecular weight is 395 g/mol. The summed E-state index contributed by atoms with van der Waals surface area (Å²) < 4.78 is 10.4. The van der Waals surface area contributed by atoms with Gasteiger partial charge in [-0.25, -0.2) is 0 Å². The number of likely N-dealkylation sites (tertiary alicyclic amines) is 1. The largest absolute Gasteiger partial charge is 0.507 e. The van der Waals surface area contributed by atoms with Gasteiger partial charge in [-0.2, -0.15) is 0 Å². The molecule has 6 heteroatoms. The molecule has 2 aromatic rings. The number of carbonyl (C=O) groups excluding carboxylic acids is 2. The van der Waals surface area contributed by atoms with E-state index in [0.29, 0.717) is 23.6 Å². The zero-order valence-electron chi connectivity index (χ0n) is 16.8. The Hall–Kier alpha value is -3.28. The number of methoxy groups -OCH3 is 2. The molecule has 29 heavy (non-hydrogen) atoms. The minimum absolute atomic E-state index is 0.0986. The van der Waals surface area contributed by atoms with Crippen LogP contribution in [0, 0.1) is 0 Å². The fraction of sp³-hybridized carbons (Fsp3) is 0.304. The van der Waals surface area contributed by atoms with Gasteiger partial charge in [0, 0.05) is 12.1 Å². The van der Waals surface area contributed by atoms with Crippen LogP contribution in [0.1, 0.15) is 36.9 Å². The number of benzene rings is 2. The third-order valence-electron chi connectivity index (χ3n) is 5.09. The number of nitrogens with zero attached hydrogens (tertiary/aromatic N) is 1. The molecule has 0 unspecified atom stereocenters. The van der Waals surface area contributed by atoms with E-state index in [1.165, 1.54) is 0 Å². The molecule has 0 radical (unpaired) electrons. The molecule has 1 aliphatic rings. The Morgan fingerprint density at radius 2 is 1.52 bits per heavy atom. The first-order chi connectivity index (χ1) is 14.0.